The van der Waals surface area contributed by atoms with E-state index >= 15 is 0 Å². The van der Waals surface area contributed by atoms with Crippen molar-refractivity contribution in [2.45, 2.75) is 13.0 Å². The average molecular weight is 293 g/mol. The molecule has 0 bridgehead atoms. The summed E-state index contributed by atoms with van der Waals surface area (Å²) in [5.41, 5.74) is 8.64. The Hall–Kier alpha value is -1.58. The molecule has 0 aromatic heterocycles. The predicted octanol–water partition coefficient (Wildman–Crippen LogP) is 3.62. The first-order valence-corrected chi connectivity index (χ1v) is 6.92. The van der Waals surface area contributed by atoms with Crippen molar-refractivity contribution in [3.63, 3.8) is 0 Å². The maximum Gasteiger partial charge on any atom is 0.123 e. The van der Waals surface area contributed by atoms with Gasteiger partial charge in [0.1, 0.15) is 5.82 Å². The fourth-order valence-corrected chi connectivity index (χ4v) is 2.56. The van der Waals surface area contributed by atoms with Gasteiger partial charge in [0.15, 0.2) is 0 Å². The fraction of sp³-hybridized carbons (Fsp3) is 0.250. The highest BCUT2D eigenvalue weighted by atomic mass is 35.5. The molecule has 0 aliphatic carbocycles. The Labute approximate surface area is 124 Å². The summed E-state index contributed by atoms with van der Waals surface area (Å²) in [6, 6.07) is 12.4. The number of anilines is 1. The maximum atomic E-state index is 13.2. The predicted molar refractivity (Wildman–Crippen MR) is 82.7 cm³/mol. The first-order chi connectivity index (χ1) is 9.61. The Morgan fingerprint density at radius 2 is 1.95 bits per heavy atom. The molecule has 20 heavy (non-hydrogen) atoms. The van der Waals surface area contributed by atoms with Crippen LogP contribution >= 0.6 is 11.6 Å². The highest BCUT2D eigenvalue weighted by Crippen LogP contribution is 2.28. The molecule has 106 valence electrons. The van der Waals surface area contributed by atoms with Crippen LogP contribution in [0.15, 0.2) is 42.5 Å². The van der Waals surface area contributed by atoms with E-state index in [1.54, 1.807) is 12.1 Å². The van der Waals surface area contributed by atoms with Gasteiger partial charge in [-0.15, -0.1) is 0 Å². The number of rotatable bonds is 5. The third kappa shape index (κ3) is 3.50. The molecule has 2 nitrogen and oxygen atoms in total. The van der Waals surface area contributed by atoms with Gasteiger partial charge in [-0.2, -0.15) is 0 Å². The molecule has 0 unspecified atom stereocenters. The smallest absolute Gasteiger partial charge is 0.123 e. The molecular formula is C16H18ClFN2. The van der Waals surface area contributed by atoms with Gasteiger partial charge >= 0.3 is 0 Å². The van der Waals surface area contributed by atoms with Gasteiger partial charge in [0, 0.05) is 24.3 Å². The van der Waals surface area contributed by atoms with Gasteiger partial charge in [-0.05, 0) is 48.4 Å². The molecule has 0 spiro atoms. The van der Waals surface area contributed by atoms with Crippen molar-refractivity contribution in [1.82, 2.24) is 0 Å². The number of halogens is 2. The molecule has 0 amide bonds. The molecule has 0 fully saturated rings. The van der Waals surface area contributed by atoms with E-state index in [0.717, 1.165) is 28.3 Å². The number of hydrogen-bond acceptors (Lipinski definition) is 2. The van der Waals surface area contributed by atoms with Crippen LogP contribution in [-0.2, 0) is 13.0 Å². The lowest BCUT2D eigenvalue weighted by Gasteiger charge is -2.23. The Kier molecular flexibility index (Phi) is 4.99. The summed E-state index contributed by atoms with van der Waals surface area (Å²) >= 11 is 6.24. The Morgan fingerprint density at radius 3 is 2.65 bits per heavy atom. The Bertz CT molecular complexity index is 586. The van der Waals surface area contributed by atoms with Crippen LogP contribution in [-0.4, -0.2) is 13.6 Å². The normalized spacial score (nSPS) is 10.6. The molecule has 0 saturated carbocycles. The molecule has 2 aromatic rings. The van der Waals surface area contributed by atoms with Crippen molar-refractivity contribution in [3.05, 3.63) is 64.4 Å². The zero-order valence-electron chi connectivity index (χ0n) is 11.4. The minimum atomic E-state index is -0.218. The lowest BCUT2D eigenvalue weighted by atomic mass is 10.1. The monoisotopic (exact) mass is 292 g/mol. The second-order valence-electron chi connectivity index (χ2n) is 4.76. The summed E-state index contributed by atoms with van der Waals surface area (Å²) in [6.07, 6.45) is 0.725. The molecule has 0 aliphatic rings. The highest BCUT2D eigenvalue weighted by Gasteiger charge is 2.11. The first-order valence-electron chi connectivity index (χ1n) is 6.55. The van der Waals surface area contributed by atoms with E-state index in [-0.39, 0.29) is 5.82 Å². The molecule has 0 atom stereocenters. The van der Waals surface area contributed by atoms with Gasteiger partial charge in [-0.25, -0.2) is 4.39 Å². The van der Waals surface area contributed by atoms with Gasteiger partial charge in [-0.3, -0.25) is 0 Å². The van der Waals surface area contributed by atoms with Crippen LogP contribution < -0.4 is 10.6 Å². The van der Waals surface area contributed by atoms with Gasteiger partial charge in [0.25, 0.3) is 0 Å². The topological polar surface area (TPSA) is 29.3 Å². The van der Waals surface area contributed by atoms with Crippen molar-refractivity contribution in [2.75, 3.05) is 18.5 Å². The summed E-state index contributed by atoms with van der Waals surface area (Å²) in [5, 5.41) is 0.721. The van der Waals surface area contributed by atoms with E-state index in [0.29, 0.717) is 13.1 Å². The third-order valence-corrected chi connectivity index (χ3v) is 3.56. The van der Waals surface area contributed by atoms with E-state index in [1.807, 2.05) is 31.3 Å². The summed E-state index contributed by atoms with van der Waals surface area (Å²) in [7, 11) is 1.97. The summed E-state index contributed by atoms with van der Waals surface area (Å²) in [6.45, 7) is 1.17. The molecule has 0 saturated heterocycles. The van der Waals surface area contributed by atoms with Gasteiger partial charge in [0.05, 0.1) is 0 Å². The molecular weight excluding hydrogens is 275 g/mol. The van der Waals surface area contributed by atoms with E-state index < -0.39 is 0 Å². The first kappa shape index (κ1) is 14.8. The van der Waals surface area contributed by atoms with Crippen molar-refractivity contribution < 1.29 is 4.39 Å². The SMILES string of the molecule is CN(Cc1cccc(F)c1)c1cccc(Cl)c1CCN. The minimum Gasteiger partial charge on any atom is -0.370 e. The zero-order valence-corrected chi connectivity index (χ0v) is 12.2. The lowest BCUT2D eigenvalue weighted by Crippen LogP contribution is -2.19. The Balaban J connectivity index is 2.25. The van der Waals surface area contributed by atoms with E-state index in [9.17, 15) is 4.39 Å². The van der Waals surface area contributed by atoms with Gasteiger partial charge in [-0.1, -0.05) is 29.8 Å². The quantitative estimate of drug-likeness (QED) is 0.912. The van der Waals surface area contributed by atoms with Gasteiger partial charge in [0.2, 0.25) is 0 Å². The van der Waals surface area contributed by atoms with Crippen LogP contribution in [0.3, 0.4) is 0 Å². The van der Waals surface area contributed by atoms with Crippen molar-refractivity contribution in [3.8, 4) is 0 Å². The summed E-state index contributed by atoms with van der Waals surface area (Å²) in [4.78, 5) is 2.06. The van der Waals surface area contributed by atoms with Crippen LogP contribution in [0, 0.1) is 5.82 Å². The second-order valence-corrected chi connectivity index (χ2v) is 5.17. The number of nitrogens with zero attached hydrogens (tertiary/aromatic N) is 1. The largest absolute Gasteiger partial charge is 0.370 e. The third-order valence-electron chi connectivity index (χ3n) is 3.21. The maximum absolute atomic E-state index is 13.2. The number of nitrogens with two attached hydrogens (primary N) is 1. The molecule has 2 N–H and O–H groups in total. The van der Waals surface area contributed by atoms with Crippen LogP contribution in [0.4, 0.5) is 10.1 Å². The van der Waals surface area contributed by atoms with Crippen LogP contribution in [0.5, 0.6) is 0 Å². The standard InChI is InChI=1S/C16H18ClFN2/c1-20(11-12-4-2-5-13(18)10-12)16-7-3-6-15(17)14(16)8-9-19/h2-7,10H,8-9,11,19H2,1H3. The van der Waals surface area contributed by atoms with Crippen LogP contribution in [0.1, 0.15) is 11.1 Å². The van der Waals surface area contributed by atoms with E-state index in [2.05, 4.69) is 4.90 Å². The van der Waals surface area contributed by atoms with Gasteiger partial charge < -0.3 is 10.6 Å². The van der Waals surface area contributed by atoms with Crippen molar-refractivity contribution in [1.29, 1.82) is 0 Å². The number of hydrogen-bond donors (Lipinski definition) is 1. The molecule has 2 aromatic carbocycles. The number of benzene rings is 2. The fourth-order valence-electron chi connectivity index (χ4n) is 2.29. The molecule has 0 radical (unpaired) electrons. The molecule has 4 heteroatoms. The molecule has 0 heterocycles. The van der Waals surface area contributed by atoms with E-state index in [4.69, 9.17) is 17.3 Å². The van der Waals surface area contributed by atoms with E-state index in [1.165, 1.54) is 6.07 Å². The summed E-state index contributed by atoms with van der Waals surface area (Å²) < 4.78 is 13.2. The minimum absolute atomic E-state index is 0.218. The van der Waals surface area contributed by atoms with Crippen molar-refractivity contribution >= 4 is 17.3 Å². The lowest BCUT2D eigenvalue weighted by molar-refractivity contribution is 0.625. The highest BCUT2D eigenvalue weighted by molar-refractivity contribution is 6.31. The summed E-state index contributed by atoms with van der Waals surface area (Å²) in [5.74, 6) is -0.218. The van der Waals surface area contributed by atoms with Crippen molar-refractivity contribution in [2.24, 2.45) is 5.73 Å². The second kappa shape index (κ2) is 6.73. The van der Waals surface area contributed by atoms with Crippen LogP contribution in [0.25, 0.3) is 0 Å². The van der Waals surface area contributed by atoms with Crippen LogP contribution in [0.2, 0.25) is 5.02 Å². The molecule has 0 aliphatic heterocycles. The Morgan fingerprint density at radius 1 is 1.20 bits per heavy atom. The molecule has 2 rings (SSSR count). The average Bonchev–Trinajstić information content (AvgIpc) is 2.41. The zero-order chi connectivity index (χ0) is 14.5.